The number of rotatable bonds is 3. The standard InChI is InChI=1S/C17H28N2O3/c1-12-6-4-5-9-18(12)16(20)11-19-14-8-3-2-7-13(14)10-15(19)17(21)22/h12-15H,2-11H2,1H3,(H,21,22)/t12-,13-,14-,15+/m1/s1. The maximum absolute atomic E-state index is 12.7. The zero-order chi connectivity index (χ0) is 15.7. The van der Waals surface area contributed by atoms with Gasteiger partial charge in [0.1, 0.15) is 6.04 Å². The fraction of sp³-hybridized carbons (Fsp3) is 0.882. The molecule has 22 heavy (non-hydrogen) atoms. The van der Waals surface area contributed by atoms with Crippen LogP contribution in [0.1, 0.15) is 58.3 Å². The molecular weight excluding hydrogens is 280 g/mol. The van der Waals surface area contributed by atoms with Crippen LogP contribution in [0.15, 0.2) is 0 Å². The number of hydrogen-bond acceptors (Lipinski definition) is 3. The molecule has 3 rings (SSSR count). The van der Waals surface area contributed by atoms with E-state index >= 15 is 0 Å². The van der Waals surface area contributed by atoms with Gasteiger partial charge < -0.3 is 10.0 Å². The van der Waals surface area contributed by atoms with Gasteiger partial charge in [0.05, 0.1) is 6.54 Å². The van der Waals surface area contributed by atoms with Crippen molar-refractivity contribution in [3.8, 4) is 0 Å². The van der Waals surface area contributed by atoms with E-state index in [9.17, 15) is 14.7 Å². The van der Waals surface area contributed by atoms with Gasteiger partial charge in [0, 0.05) is 18.6 Å². The third kappa shape index (κ3) is 3.00. The van der Waals surface area contributed by atoms with E-state index in [-0.39, 0.29) is 5.91 Å². The smallest absolute Gasteiger partial charge is 0.320 e. The van der Waals surface area contributed by atoms with Crippen LogP contribution in [0.3, 0.4) is 0 Å². The summed E-state index contributed by atoms with van der Waals surface area (Å²) in [5, 5.41) is 9.54. The fourth-order valence-corrected chi connectivity index (χ4v) is 4.74. The molecule has 0 aromatic rings. The first-order valence-corrected chi connectivity index (χ1v) is 8.86. The van der Waals surface area contributed by atoms with Gasteiger partial charge in [-0.15, -0.1) is 0 Å². The molecule has 0 aromatic carbocycles. The highest BCUT2D eigenvalue weighted by Crippen LogP contribution is 2.39. The second-order valence-corrected chi connectivity index (χ2v) is 7.31. The first-order chi connectivity index (χ1) is 10.6. The first-order valence-electron chi connectivity index (χ1n) is 8.86. The van der Waals surface area contributed by atoms with E-state index in [0.717, 1.165) is 45.1 Å². The van der Waals surface area contributed by atoms with Crippen LogP contribution in [0.4, 0.5) is 0 Å². The molecule has 3 aliphatic rings. The van der Waals surface area contributed by atoms with Crippen molar-refractivity contribution in [3.05, 3.63) is 0 Å². The predicted octanol–water partition coefficient (Wildman–Crippen LogP) is 2.11. The van der Waals surface area contributed by atoms with E-state index in [0.29, 0.717) is 24.5 Å². The zero-order valence-corrected chi connectivity index (χ0v) is 13.5. The molecular formula is C17H28N2O3. The Hall–Kier alpha value is -1.10. The quantitative estimate of drug-likeness (QED) is 0.867. The minimum atomic E-state index is -0.756. The maximum atomic E-state index is 12.7. The van der Waals surface area contributed by atoms with Crippen molar-refractivity contribution >= 4 is 11.9 Å². The van der Waals surface area contributed by atoms with Crippen LogP contribution < -0.4 is 0 Å². The molecule has 0 bridgehead atoms. The highest BCUT2D eigenvalue weighted by molar-refractivity contribution is 5.80. The summed E-state index contributed by atoms with van der Waals surface area (Å²) in [7, 11) is 0. The van der Waals surface area contributed by atoms with Gasteiger partial charge in [0.2, 0.25) is 5.91 Å². The highest BCUT2D eigenvalue weighted by Gasteiger charge is 2.46. The molecule has 0 aromatic heterocycles. The Labute approximate surface area is 132 Å². The summed E-state index contributed by atoms with van der Waals surface area (Å²) in [5.74, 6) is -0.153. The number of likely N-dealkylation sites (tertiary alicyclic amines) is 2. The van der Waals surface area contributed by atoms with Gasteiger partial charge in [-0.25, -0.2) is 0 Å². The second-order valence-electron chi connectivity index (χ2n) is 7.31. The molecule has 1 aliphatic carbocycles. The maximum Gasteiger partial charge on any atom is 0.320 e. The van der Waals surface area contributed by atoms with Gasteiger partial charge in [-0.1, -0.05) is 12.8 Å². The van der Waals surface area contributed by atoms with Crippen molar-refractivity contribution in [2.75, 3.05) is 13.1 Å². The fourth-order valence-electron chi connectivity index (χ4n) is 4.74. The van der Waals surface area contributed by atoms with Gasteiger partial charge in [-0.05, 0) is 51.4 Å². The van der Waals surface area contributed by atoms with Gasteiger partial charge >= 0.3 is 5.97 Å². The van der Waals surface area contributed by atoms with Crippen LogP contribution in [0.2, 0.25) is 0 Å². The second kappa shape index (κ2) is 6.57. The molecule has 2 heterocycles. The Kier molecular flexibility index (Phi) is 4.71. The molecule has 2 saturated heterocycles. The number of carbonyl (C=O) groups excluding carboxylic acids is 1. The van der Waals surface area contributed by atoms with E-state index in [1.807, 2.05) is 9.80 Å². The van der Waals surface area contributed by atoms with Crippen LogP contribution in [-0.2, 0) is 9.59 Å². The van der Waals surface area contributed by atoms with E-state index in [1.54, 1.807) is 0 Å². The van der Waals surface area contributed by atoms with E-state index < -0.39 is 12.0 Å². The summed E-state index contributed by atoms with van der Waals surface area (Å²) in [6.07, 6.45) is 8.61. The summed E-state index contributed by atoms with van der Waals surface area (Å²) in [5.41, 5.74) is 0. The molecule has 0 spiro atoms. The average Bonchev–Trinajstić information content (AvgIpc) is 2.87. The topological polar surface area (TPSA) is 60.9 Å². The lowest BCUT2D eigenvalue weighted by Crippen LogP contribution is -2.51. The third-order valence-corrected chi connectivity index (χ3v) is 5.95. The van der Waals surface area contributed by atoms with Crippen LogP contribution in [-0.4, -0.2) is 58.0 Å². The molecule has 5 nitrogen and oxygen atoms in total. The number of carboxylic acids is 1. The SMILES string of the molecule is C[C@@H]1CCCCN1C(=O)CN1[C@@H]2CCCC[C@@H]2C[C@H]1C(=O)O. The molecule has 4 atom stereocenters. The van der Waals surface area contributed by atoms with Crippen molar-refractivity contribution in [3.63, 3.8) is 0 Å². The molecule has 1 amide bonds. The van der Waals surface area contributed by atoms with Gasteiger partial charge in [-0.3, -0.25) is 14.5 Å². The number of hydrogen-bond donors (Lipinski definition) is 1. The molecule has 3 fully saturated rings. The Bertz CT molecular complexity index is 440. The minimum Gasteiger partial charge on any atom is -0.480 e. The van der Waals surface area contributed by atoms with Gasteiger partial charge in [0.25, 0.3) is 0 Å². The van der Waals surface area contributed by atoms with Crippen LogP contribution in [0.5, 0.6) is 0 Å². The summed E-state index contributed by atoms with van der Waals surface area (Å²) in [6.45, 7) is 3.24. The van der Waals surface area contributed by atoms with Crippen molar-refractivity contribution in [1.82, 2.24) is 9.80 Å². The summed E-state index contributed by atoms with van der Waals surface area (Å²) in [6, 6.07) is 0.144. The molecule has 1 saturated carbocycles. The molecule has 124 valence electrons. The number of carbonyl (C=O) groups is 2. The molecule has 0 unspecified atom stereocenters. The predicted molar refractivity (Wildman–Crippen MR) is 83.5 cm³/mol. The number of carboxylic acid groups (broad SMARTS) is 1. The molecule has 5 heteroatoms. The normalized spacial score (nSPS) is 36.1. The molecule has 0 radical (unpaired) electrons. The largest absolute Gasteiger partial charge is 0.480 e. The van der Waals surface area contributed by atoms with E-state index in [2.05, 4.69) is 6.92 Å². The Morgan fingerprint density at radius 3 is 2.55 bits per heavy atom. The Balaban J connectivity index is 1.70. The van der Waals surface area contributed by atoms with Crippen LogP contribution >= 0.6 is 0 Å². The lowest BCUT2D eigenvalue weighted by molar-refractivity contribution is -0.145. The summed E-state index contributed by atoms with van der Waals surface area (Å²) < 4.78 is 0. The number of amides is 1. The monoisotopic (exact) mass is 308 g/mol. The number of nitrogens with zero attached hydrogens (tertiary/aromatic N) is 2. The average molecular weight is 308 g/mol. The minimum absolute atomic E-state index is 0.129. The first kappa shape index (κ1) is 15.8. The number of aliphatic carboxylic acids is 1. The Morgan fingerprint density at radius 2 is 1.82 bits per heavy atom. The lowest BCUT2D eigenvalue weighted by Gasteiger charge is -2.37. The summed E-state index contributed by atoms with van der Waals surface area (Å²) in [4.78, 5) is 28.3. The van der Waals surface area contributed by atoms with Crippen LogP contribution in [0.25, 0.3) is 0 Å². The Morgan fingerprint density at radius 1 is 1.09 bits per heavy atom. The van der Waals surface area contributed by atoms with Crippen molar-refractivity contribution < 1.29 is 14.7 Å². The highest BCUT2D eigenvalue weighted by atomic mass is 16.4. The number of piperidine rings is 1. The van der Waals surface area contributed by atoms with Crippen molar-refractivity contribution in [2.45, 2.75) is 76.4 Å². The van der Waals surface area contributed by atoms with Crippen LogP contribution in [0, 0.1) is 5.92 Å². The van der Waals surface area contributed by atoms with Crippen molar-refractivity contribution in [1.29, 1.82) is 0 Å². The molecule has 2 aliphatic heterocycles. The zero-order valence-electron chi connectivity index (χ0n) is 13.5. The van der Waals surface area contributed by atoms with Crippen molar-refractivity contribution in [2.24, 2.45) is 5.92 Å². The third-order valence-electron chi connectivity index (χ3n) is 5.95. The summed E-state index contributed by atoms with van der Waals surface area (Å²) >= 11 is 0. The number of fused-ring (bicyclic) bond motifs is 1. The van der Waals surface area contributed by atoms with E-state index in [4.69, 9.17) is 0 Å². The van der Waals surface area contributed by atoms with Gasteiger partial charge in [-0.2, -0.15) is 0 Å². The lowest BCUT2D eigenvalue weighted by atomic mass is 9.85. The van der Waals surface area contributed by atoms with E-state index in [1.165, 1.54) is 12.8 Å². The molecule has 1 N–H and O–H groups in total. The van der Waals surface area contributed by atoms with Gasteiger partial charge in [0.15, 0.2) is 0 Å².